The number of benzene rings is 1. The third kappa shape index (κ3) is 5.64. The molecule has 2 aliphatic rings. The molecule has 2 aromatic rings. The lowest BCUT2D eigenvalue weighted by Crippen LogP contribution is -2.39. The molecule has 4 rings (SSSR count). The Kier molecular flexibility index (Phi) is 7.15. The minimum atomic E-state index is -3.60. The van der Waals surface area contributed by atoms with Crippen LogP contribution in [0.5, 0.6) is 0 Å². The summed E-state index contributed by atoms with van der Waals surface area (Å²) in [5, 5.41) is 4.93. The number of carbonyl (C=O) groups is 1. The van der Waals surface area contributed by atoms with Gasteiger partial charge in [-0.15, -0.1) is 23.1 Å². The molecule has 1 fully saturated rings. The number of anilines is 1. The lowest BCUT2D eigenvalue weighted by molar-refractivity contribution is -0.115. The lowest BCUT2D eigenvalue weighted by Gasteiger charge is -2.31. The van der Waals surface area contributed by atoms with Crippen LogP contribution in [0.4, 0.5) is 5.69 Å². The largest absolute Gasteiger partial charge is 0.325 e. The van der Waals surface area contributed by atoms with Crippen LogP contribution in [0.25, 0.3) is 0 Å². The van der Waals surface area contributed by atoms with Crippen molar-refractivity contribution in [3.05, 3.63) is 40.6 Å². The smallest absolute Gasteiger partial charge is 0.240 e. The molecule has 2 N–H and O–H groups in total. The van der Waals surface area contributed by atoms with Gasteiger partial charge in [-0.05, 0) is 67.9 Å². The maximum Gasteiger partial charge on any atom is 0.240 e. The van der Waals surface area contributed by atoms with Gasteiger partial charge in [-0.3, -0.25) is 4.79 Å². The Bertz CT molecular complexity index is 969. The fourth-order valence-electron chi connectivity index (χ4n) is 3.81. The molecule has 0 aliphatic carbocycles. The van der Waals surface area contributed by atoms with E-state index in [1.165, 1.54) is 4.88 Å². The van der Waals surface area contributed by atoms with Crippen molar-refractivity contribution < 1.29 is 13.2 Å². The number of nitrogens with one attached hydrogen (secondary N) is 2. The molecular formula is C21H27N3O3S3. The zero-order chi connectivity index (χ0) is 21.0. The highest BCUT2D eigenvalue weighted by Crippen LogP contribution is 2.32. The van der Waals surface area contributed by atoms with Gasteiger partial charge in [-0.1, -0.05) is 6.07 Å². The molecule has 0 spiro atoms. The van der Waals surface area contributed by atoms with Crippen LogP contribution in [0.3, 0.4) is 0 Å². The van der Waals surface area contributed by atoms with Crippen molar-refractivity contribution in [2.45, 2.75) is 35.5 Å². The lowest BCUT2D eigenvalue weighted by atomic mass is 9.97. The van der Waals surface area contributed by atoms with Crippen molar-refractivity contribution in [1.29, 1.82) is 0 Å². The van der Waals surface area contributed by atoms with Crippen molar-refractivity contribution in [3.8, 4) is 0 Å². The van der Waals surface area contributed by atoms with Crippen molar-refractivity contribution in [3.63, 3.8) is 0 Å². The van der Waals surface area contributed by atoms with Crippen molar-refractivity contribution in [2.75, 3.05) is 37.2 Å². The molecule has 0 unspecified atom stereocenters. The topological polar surface area (TPSA) is 78.5 Å². The molecule has 0 bridgehead atoms. The predicted octanol–water partition coefficient (Wildman–Crippen LogP) is 3.42. The zero-order valence-corrected chi connectivity index (χ0v) is 19.3. The molecule has 2 aliphatic heterocycles. The van der Waals surface area contributed by atoms with Gasteiger partial charge in [-0.25, -0.2) is 13.1 Å². The summed E-state index contributed by atoms with van der Waals surface area (Å²) in [6, 6.07) is 9.25. The van der Waals surface area contributed by atoms with Gasteiger partial charge in [0.25, 0.3) is 0 Å². The number of amides is 1. The van der Waals surface area contributed by atoms with E-state index < -0.39 is 10.0 Å². The first-order valence-corrected chi connectivity index (χ1v) is 13.7. The minimum Gasteiger partial charge on any atom is -0.325 e. The molecule has 1 amide bonds. The van der Waals surface area contributed by atoms with Crippen LogP contribution in [-0.2, 0) is 21.2 Å². The van der Waals surface area contributed by atoms with Gasteiger partial charge in [0, 0.05) is 35.0 Å². The summed E-state index contributed by atoms with van der Waals surface area (Å²) in [5.74, 6) is 0.985. The average Bonchev–Trinajstić information content (AvgIpc) is 3.19. The normalized spacial score (nSPS) is 18.6. The van der Waals surface area contributed by atoms with Crippen LogP contribution in [0.15, 0.2) is 45.5 Å². The number of hydrogen-bond donors (Lipinski definition) is 2. The van der Waals surface area contributed by atoms with Gasteiger partial charge >= 0.3 is 0 Å². The number of likely N-dealkylation sites (tertiary alicyclic amines) is 1. The highest BCUT2D eigenvalue weighted by Gasteiger charge is 2.23. The molecule has 6 nitrogen and oxygen atoms in total. The summed E-state index contributed by atoms with van der Waals surface area (Å²) in [7, 11) is -3.60. The highest BCUT2D eigenvalue weighted by atomic mass is 32.2. The van der Waals surface area contributed by atoms with Crippen molar-refractivity contribution in [1.82, 2.24) is 9.62 Å². The van der Waals surface area contributed by atoms with E-state index in [0.717, 1.165) is 43.8 Å². The first-order chi connectivity index (χ1) is 14.5. The maximum atomic E-state index is 12.8. The molecule has 1 aromatic carbocycles. The Morgan fingerprint density at radius 3 is 2.80 bits per heavy atom. The summed E-state index contributed by atoms with van der Waals surface area (Å²) < 4.78 is 28.4. The van der Waals surface area contributed by atoms with Crippen LogP contribution >= 0.6 is 23.1 Å². The number of piperidine rings is 1. The molecule has 1 aromatic heterocycles. The van der Waals surface area contributed by atoms with Crippen LogP contribution < -0.4 is 10.0 Å². The Balaban J connectivity index is 1.28. The SMILES string of the molecule is O=C1CCSc2ccc(S(=O)(=O)NCC3CCN(CCc4cccs4)CC3)cc2N1. The van der Waals surface area contributed by atoms with E-state index in [-0.39, 0.29) is 10.8 Å². The average molecular weight is 466 g/mol. The minimum absolute atomic E-state index is 0.0744. The Labute approximate surface area is 186 Å². The second-order valence-electron chi connectivity index (χ2n) is 7.77. The molecule has 0 radical (unpaired) electrons. The van der Waals surface area contributed by atoms with Gasteiger partial charge < -0.3 is 10.2 Å². The molecule has 1 saturated heterocycles. The second-order valence-corrected chi connectivity index (χ2v) is 11.7. The number of rotatable bonds is 7. The van der Waals surface area contributed by atoms with E-state index in [2.05, 4.69) is 32.5 Å². The van der Waals surface area contributed by atoms with E-state index in [0.29, 0.717) is 30.3 Å². The number of hydrogen-bond acceptors (Lipinski definition) is 6. The van der Waals surface area contributed by atoms with Gasteiger partial charge in [0.1, 0.15) is 0 Å². The summed E-state index contributed by atoms with van der Waals surface area (Å²) in [5.41, 5.74) is 0.587. The van der Waals surface area contributed by atoms with Gasteiger partial charge in [0.2, 0.25) is 15.9 Å². The van der Waals surface area contributed by atoms with Gasteiger partial charge in [0.15, 0.2) is 0 Å². The number of nitrogens with zero attached hydrogens (tertiary/aromatic N) is 1. The van der Waals surface area contributed by atoms with Crippen LogP contribution in [0.1, 0.15) is 24.1 Å². The molecule has 0 saturated carbocycles. The summed E-state index contributed by atoms with van der Waals surface area (Å²) in [6.07, 6.45) is 3.53. The zero-order valence-electron chi connectivity index (χ0n) is 16.8. The number of fused-ring (bicyclic) bond motifs is 1. The Hall–Kier alpha value is -1.39. The summed E-state index contributed by atoms with van der Waals surface area (Å²) in [6.45, 7) is 3.55. The van der Waals surface area contributed by atoms with Crippen molar-refractivity contribution >= 4 is 44.7 Å². The maximum absolute atomic E-state index is 12.8. The highest BCUT2D eigenvalue weighted by molar-refractivity contribution is 7.99. The number of carbonyl (C=O) groups excluding carboxylic acids is 1. The van der Waals surface area contributed by atoms with E-state index in [4.69, 9.17) is 0 Å². The molecule has 0 atom stereocenters. The van der Waals surface area contributed by atoms with Gasteiger partial charge in [-0.2, -0.15) is 0 Å². The fraction of sp³-hybridized carbons (Fsp3) is 0.476. The quantitative estimate of drug-likeness (QED) is 0.655. The van der Waals surface area contributed by atoms with E-state index in [9.17, 15) is 13.2 Å². The summed E-state index contributed by atoms with van der Waals surface area (Å²) >= 11 is 3.37. The Morgan fingerprint density at radius 2 is 2.03 bits per heavy atom. The third-order valence-corrected chi connectivity index (χ3v) is 9.08. The number of thioether (sulfide) groups is 1. The van der Waals surface area contributed by atoms with Crippen LogP contribution in [0.2, 0.25) is 0 Å². The number of sulfonamides is 1. The standard InChI is InChI=1S/C21H27N3O3S3/c25-21-8-13-29-20-4-3-18(14-19(20)23-21)30(26,27)22-15-16-5-9-24(10-6-16)11-7-17-2-1-12-28-17/h1-4,12,14,16,22H,5-11,13,15H2,(H,23,25). The second kappa shape index (κ2) is 9.82. The van der Waals surface area contributed by atoms with Crippen LogP contribution in [0, 0.1) is 5.92 Å². The fourth-order valence-corrected chi connectivity index (χ4v) is 6.59. The third-order valence-electron chi connectivity index (χ3n) is 5.65. The van der Waals surface area contributed by atoms with Crippen molar-refractivity contribution in [2.24, 2.45) is 5.92 Å². The predicted molar refractivity (Wildman–Crippen MR) is 123 cm³/mol. The first kappa shape index (κ1) is 21.8. The summed E-state index contributed by atoms with van der Waals surface area (Å²) in [4.78, 5) is 16.8. The first-order valence-electron chi connectivity index (χ1n) is 10.3. The molecular weight excluding hydrogens is 438 g/mol. The van der Waals surface area contributed by atoms with E-state index in [1.807, 2.05) is 0 Å². The molecule has 30 heavy (non-hydrogen) atoms. The monoisotopic (exact) mass is 465 g/mol. The van der Waals surface area contributed by atoms with E-state index in [1.54, 1.807) is 41.3 Å². The van der Waals surface area contributed by atoms with Crippen LogP contribution in [-0.4, -0.2) is 51.2 Å². The molecule has 3 heterocycles. The molecule has 162 valence electrons. The number of thiophene rings is 1. The Morgan fingerprint density at radius 1 is 1.20 bits per heavy atom. The van der Waals surface area contributed by atoms with Gasteiger partial charge in [0.05, 0.1) is 10.6 Å². The molecule has 9 heteroatoms. The van der Waals surface area contributed by atoms with E-state index >= 15 is 0 Å².